The van der Waals surface area contributed by atoms with Crippen LogP contribution in [-0.4, -0.2) is 10.9 Å². The number of hydrogen-bond acceptors (Lipinski definition) is 3. The normalized spacial score (nSPS) is 13.5. The molecule has 0 radical (unpaired) electrons. The van der Waals surface area contributed by atoms with E-state index in [1.807, 2.05) is 37.3 Å². The van der Waals surface area contributed by atoms with Crippen LogP contribution in [0.5, 0.6) is 0 Å². The fourth-order valence-electron chi connectivity index (χ4n) is 1.70. The predicted molar refractivity (Wildman–Crippen MR) is 74.4 cm³/mol. The van der Waals surface area contributed by atoms with Crippen LogP contribution in [0.25, 0.3) is 10.9 Å². The molecule has 1 heterocycles. The van der Waals surface area contributed by atoms with Gasteiger partial charge in [0, 0.05) is 5.39 Å². The zero-order chi connectivity index (χ0) is 13.9. The molecule has 4 heteroatoms. The molecule has 1 atom stereocenters. The van der Waals surface area contributed by atoms with E-state index in [4.69, 9.17) is 5.26 Å². The molecule has 0 aliphatic rings. The van der Waals surface area contributed by atoms with Gasteiger partial charge in [-0.3, -0.25) is 9.78 Å². The highest BCUT2D eigenvalue weighted by molar-refractivity contribution is 5.98. The van der Waals surface area contributed by atoms with Crippen molar-refractivity contribution in [2.45, 2.75) is 20.3 Å². The number of pyridine rings is 1. The molecular formula is C15H15N3O. The van der Waals surface area contributed by atoms with Gasteiger partial charge in [-0.2, -0.15) is 5.26 Å². The van der Waals surface area contributed by atoms with E-state index in [0.717, 1.165) is 10.9 Å². The van der Waals surface area contributed by atoms with Gasteiger partial charge in [-0.15, -0.1) is 0 Å². The fourth-order valence-corrected chi connectivity index (χ4v) is 1.70. The second kappa shape index (κ2) is 5.07. The fraction of sp³-hybridized carbons (Fsp3) is 0.267. The van der Waals surface area contributed by atoms with E-state index < -0.39 is 5.41 Å². The summed E-state index contributed by atoms with van der Waals surface area (Å²) < 4.78 is 0. The number of hydrogen-bond donors (Lipinski definition) is 1. The summed E-state index contributed by atoms with van der Waals surface area (Å²) in [6.07, 6.45) is 2.07. The predicted octanol–water partition coefficient (Wildman–Crippen LogP) is 3.11. The van der Waals surface area contributed by atoms with Gasteiger partial charge in [-0.05, 0) is 25.5 Å². The topological polar surface area (TPSA) is 65.8 Å². The van der Waals surface area contributed by atoms with Crippen LogP contribution in [0.1, 0.15) is 20.3 Å². The lowest BCUT2D eigenvalue weighted by Gasteiger charge is -2.18. The van der Waals surface area contributed by atoms with Crippen molar-refractivity contribution in [1.29, 1.82) is 5.26 Å². The first kappa shape index (κ1) is 13.0. The summed E-state index contributed by atoms with van der Waals surface area (Å²) in [5, 5.41) is 12.8. The number of aromatic nitrogens is 1. The van der Waals surface area contributed by atoms with Crippen LogP contribution in [-0.2, 0) is 4.79 Å². The minimum absolute atomic E-state index is 0.297. The monoisotopic (exact) mass is 253 g/mol. The lowest BCUT2D eigenvalue weighted by atomic mass is 9.88. The molecule has 0 spiro atoms. The van der Waals surface area contributed by atoms with Gasteiger partial charge in [0.05, 0.1) is 23.5 Å². The van der Waals surface area contributed by atoms with Crippen molar-refractivity contribution < 1.29 is 4.79 Å². The van der Waals surface area contributed by atoms with E-state index in [9.17, 15) is 4.79 Å². The Balaban J connectivity index is 2.27. The molecule has 0 saturated carbocycles. The van der Waals surface area contributed by atoms with Crippen LogP contribution >= 0.6 is 0 Å². The van der Waals surface area contributed by atoms with Crippen LogP contribution in [0.15, 0.2) is 36.5 Å². The third kappa shape index (κ3) is 2.55. The molecule has 0 fully saturated rings. The minimum atomic E-state index is -1.01. The van der Waals surface area contributed by atoms with E-state index in [1.54, 1.807) is 13.1 Å². The van der Waals surface area contributed by atoms with E-state index in [-0.39, 0.29) is 5.91 Å². The summed E-state index contributed by atoms with van der Waals surface area (Å²) in [7, 11) is 0. The molecule has 19 heavy (non-hydrogen) atoms. The SMILES string of the molecule is CCC(C)(C#N)C(=O)Nc1cnc2ccccc2c1. The Hall–Kier alpha value is -2.41. The van der Waals surface area contributed by atoms with Gasteiger partial charge in [-0.1, -0.05) is 25.1 Å². The molecule has 96 valence electrons. The second-order valence-electron chi connectivity index (χ2n) is 4.67. The quantitative estimate of drug-likeness (QED) is 0.913. The largest absolute Gasteiger partial charge is 0.323 e. The molecule has 0 bridgehead atoms. The zero-order valence-corrected chi connectivity index (χ0v) is 11.0. The number of amides is 1. The molecule has 4 nitrogen and oxygen atoms in total. The molecule has 0 aliphatic carbocycles. The van der Waals surface area contributed by atoms with Gasteiger partial charge in [0.2, 0.25) is 5.91 Å². The lowest BCUT2D eigenvalue weighted by Crippen LogP contribution is -2.31. The Morgan fingerprint density at radius 3 is 2.89 bits per heavy atom. The average molecular weight is 253 g/mol. The van der Waals surface area contributed by atoms with E-state index in [2.05, 4.69) is 16.4 Å². The first-order valence-electron chi connectivity index (χ1n) is 6.16. The summed E-state index contributed by atoms with van der Waals surface area (Å²) in [6, 6.07) is 11.6. The first-order chi connectivity index (χ1) is 9.09. The smallest absolute Gasteiger partial charge is 0.244 e. The van der Waals surface area contributed by atoms with Crippen LogP contribution in [0.4, 0.5) is 5.69 Å². The molecule has 1 aromatic carbocycles. The standard InChI is InChI=1S/C15H15N3O/c1-3-15(2,10-16)14(19)18-12-8-11-6-4-5-7-13(11)17-9-12/h4-9H,3H2,1-2H3,(H,18,19). The van der Waals surface area contributed by atoms with Gasteiger partial charge in [0.1, 0.15) is 5.41 Å². The molecule has 0 aliphatic heterocycles. The van der Waals surface area contributed by atoms with Gasteiger partial charge >= 0.3 is 0 Å². The minimum Gasteiger partial charge on any atom is -0.323 e. The van der Waals surface area contributed by atoms with Crippen LogP contribution in [0.2, 0.25) is 0 Å². The van der Waals surface area contributed by atoms with Crippen LogP contribution in [0.3, 0.4) is 0 Å². The van der Waals surface area contributed by atoms with Gasteiger partial charge in [-0.25, -0.2) is 0 Å². The van der Waals surface area contributed by atoms with Crippen molar-refractivity contribution >= 4 is 22.5 Å². The van der Waals surface area contributed by atoms with Crippen LogP contribution < -0.4 is 5.32 Å². The highest BCUT2D eigenvalue weighted by Crippen LogP contribution is 2.23. The highest BCUT2D eigenvalue weighted by Gasteiger charge is 2.31. The van der Waals surface area contributed by atoms with E-state index >= 15 is 0 Å². The zero-order valence-electron chi connectivity index (χ0n) is 11.0. The Bertz CT molecular complexity index is 660. The number of nitriles is 1. The Morgan fingerprint density at radius 1 is 1.47 bits per heavy atom. The number of rotatable bonds is 3. The molecular weight excluding hydrogens is 238 g/mol. The molecule has 1 amide bonds. The summed E-state index contributed by atoms with van der Waals surface area (Å²) in [4.78, 5) is 16.3. The average Bonchev–Trinajstić information content (AvgIpc) is 2.46. The van der Waals surface area contributed by atoms with Crippen molar-refractivity contribution in [2.24, 2.45) is 5.41 Å². The van der Waals surface area contributed by atoms with Crippen molar-refractivity contribution in [3.63, 3.8) is 0 Å². The summed E-state index contributed by atoms with van der Waals surface area (Å²) in [5.74, 6) is -0.297. The maximum absolute atomic E-state index is 12.1. The number of anilines is 1. The summed E-state index contributed by atoms with van der Waals surface area (Å²) >= 11 is 0. The van der Waals surface area contributed by atoms with Crippen molar-refractivity contribution in [2.75, 3.05) is 5.32 Å². The molecule has 0 saturated heterocycles. The van der Waals surface area contributed by atoms with Gasteiger partial charge < -0.3 is 5.32 Å². The van der Waals surface area contributed by atoms with E-state index in [0.29, 0.717) is 12.1 Å². The maximum Gasteiger partial charge on any atom is 0.244 e. The number of nitrogens with one attached hydrogen (secondary N) is 1. The summed E-state index contributed by atoms with van der Waals surface area (Å²) in [6.45, 7) is 3.46. The number of nitrogens with zero attached hydrogens (tertiary/aromatic N) is 2. The number of carbonyl (C=O) groups is 1. The third-order valence-corrected chi connectivity index (χ3v) is 3.30. The molecule has 1 aromatic heterocycles. The maximum atomic E-state index is 12.1. The number of carbonyl (C=O) groups excluding carboxylic acids is 1. The molecule has 1 unspecified atom stereocenters. The first-order valence-corrected chi connectivity index (χ1v) is 6.16. The Labute approximate surface area is 112 Å². The second-order valence-corrected chi connectivity index (χ2v) is 4.67. The van der Waals surface area contributed by atoms with Crippen molar-refractivity contribution in [1.82, 2.24) is 4.98 Å². The molecule has 2 aromatic rings. The highest BCUT2D eigenvalue weighted by atomic mass is 16.2. The number of para-hydroxylation sites is 1. The summed E-state index contributed by atoms with van der Waals surface area (Å²) in [5.41, 5.74) is 0.476. The Kier molecular flexibility index (Phi) is 3.48. The van der Waals surface area contributed by atoms with Crippen molar-refractivity contribution in [3.8, 4) is 6.07 Å². The van der Waals surface area contributed by atoms with E-state index in [1.165, 1.54) is 0 Å². The third-order valence-electron chi connectivity index (χ3n) is 3.30. The molecule has 2 rings (SSSR count). The number of fused-ring (bicyclic) bond motifs is 1. The number of benzene rings is 1. The van der Waals surface area contributed by atoms with Gasteiger partial charge in [0.15, 0.2) is 0 Å². The van der Waals surface area contributed by atoms with Crippen LogP contribution in [0, 0.1) is 16.7 Å². The Morgan fingerprint density at radius 2 is 2.21 bits per heavy atom. The van der Waals surface area contributed by atoms with Crippen molar-refractivity contribution in [3.05, 3.63) is 36.5 Å². The lowest BCUT2D eigenvalue weighted by molar-refractivity contribution is -0.122. The van der Waals surface area contributed by atoms with Gasteiger partial charge in [0.25, 0.3) is 0 Å². The molecule has 1 N–H and O–H groups in total.